The zero-order valence-electron chi connectivity index (χ0n) is 15.6. The van der Waals surface area contributed by atoms with Gasteiger partial charge in [0.15, 0.2) is 6.54 Å². The second-order valence-electron chi connectivity index (χ2n) is 6.99. The first-order chi connectivity index (χ1) is 13.2. The molecule has 0 aliphatic carbocycles. The SMILES string of the molecule is CCc1ccc(-c2noc(C[NH+]3CCN(c4ccc(O)cc4)CC3)n2)cc1. The quantitative estimate of drug-likeness (QED) is 0.723. The molecule has 140 valence electrons. The highest BCUT2D eigenvalue weighted by atomic mass is 16.5. The highest BCUT2D eigenvalue weighted by molar-refractivity contribution is 5.54. The maximum Gasteiger partial charge on any atom is 0.282 e. The van der Waals surface area contributed by atoms with Crippen molar-refractivity contribution in [2.24, 2.45) is 0 Å². The van der Waals surface area contributed by atoms with E-state index in [1.54, 1.807) is 12.1 Å². The summed E-state index contributed by atoms with van der Waals surface area (Å²) in [5.74, 6) is 1.66. The van der Waals surface area contributed by atoms with Gasteiger partial charge in [-0.05, 0) is 36.2 Å². The highest BCUT2D eigenvalue weighted by Gasteiger charge is 2.22. The predicted octanol–water partition coefficient (Wildman–Crippen LogP) is 1.91. The highest BCUT2D eigenvalue weighted by Crippen LogP contribution is 2.19. The number of phenols is 1. The van der Waals surface area contributed by atoms with Gasteiger partial charge in [-0.1, -0.05) is 36.3 Å². The van der Waals surface area contributed by atoms with E-state index in [1.807, 2.05) is 12.1 Å². The number of hydrogen-bond acceptors (Lipinski definition) is 5. The van der Waals surface area contributed by atoms with Crippen LogP contribution in [0.2, 0.25) is 0 Å². The number of nitrogens with one attached hydrogen (secondary N) is 1. The van der Waals surface area contributed by atoms with Crippen molar-refractivity contribution in [3.8, 4) is 17.1 Å². The molecule has 0 radical (unpaired) electrons. The van der Waals surface area contributed by atoms with E-state index in [0.29, 0.717) is 17.5 Å². The van der Waals surface area contributed by atoms with Crippen molar-refractivity contribution in [2.75, 3.05) is 31.1 Å². The molecule has 0 unspecified atom stereocenters. The summed E-state index contributed by atoms with van der Waals surface area (Å²) in [6.07, 6.45) is 1.03. The number of benzene rings is 2. The van der Waals surface area contributed by atoms with Crippen LogP contribution < -0.4 is 9.80 Å². The topological polar surface area (TPSA) is 66.8 Å². The summed E-state index contributed by atoms with van der Waals surface area (Å²) in [4.78, 5) is 8.37. The normalized spacial score (nSPS) is 15.2. The Hall–Kier alpha value is -2.86. The molecule has 6 heteroatoms. The number of phenolic OH excluding ortho intramolecular Hbond substituents is 1. The van der Waals surface area contributed by atoms with Gasteiger partial charge in [-0.3, -0.25) is 0 Å². The summed E-state index contributed by atoms with van der Waals surface area (Å²) in [6.45, 7) is 6.88. The molecule has 4 rings (SSSR count). The summed E-state index contributed by atoms with van der Waals surface area (Å²) in [7, 11) is 0. The second-order valence-corrected chi connectivity index (χ2v) is 6.99. The number of aromatic nitrogens is 2. The van der Waals surface area contributed by atoms with Gasteiger partial charge in [0.25, 0.3) is 5.89 Å². The van der Waals surface area contributed by atoms with Crippen LogP contribution in [0.5, 0.6) is 5.75 Å². The van der Waals surface area contributed by atoms with Crippen LogP contribution in [0.25, 0.3) is 11.4 Å². The average molecular weight is 365 g/mol. The molecule has 1 fully saturated rings. The maximum absolute atomic E-state index is 9.43. The van der Waals surface area contributed by atoms with Crippen LogP contribution in [-0.2, 0) is 13.0 Å². The fourth-order valence-corrected chi connectivity index (χ4v) is 3.47. The number of rotatable bonds is 5. The number of anilines is 1. The molecular weight excluding hydrogens is 340 g/mol. The lowest BCUT2D eigenvalue weighted by molar-refractivity contribution is -0.915. The summed E-state index contributed by atoms with van der Waals surface area (Å²) >= 11 is 0. The van der Waals surface area contributed by atoms with Gasteiger partial charge in [0.2, 0.25) is 5.82 Å². The molecule has 1 saturated heterocycles. The van der Waals surface area contributed by atoms with Crippen molar-refractivity contribution >= 4 is 5.69 Å². The number of aryl methyl sites for hydroxylation is 1. The van der Waals surface area contributed by atoms with Crippen LogP contribution in [0.3, 0.4) is 0 Å². The van der Waals surface area contributed by atoms with Crippen molar-refractivity contribution in [3.05, 3.63) is 60.0 Å². The van der Waals surface area contributed by atoms with Crippen LogP contribution >= 0.6 is 0 Å². The summed E-state index contributed by atoms with van der Waals surface area (Å²) in [5.41, 5.74) is 3.45. The van der Waals surface area contributed by atoms with Crippen molar-refractivity contribution < 1.29 is 14.5 Å². The van der Waals surface area contributed by atoms with Gasteiger partial charge in [-0.15, -0.1) is 0 Å². The Bertz CT molecular complexity index is 866. The predicted molar refractivity (Wildman–Crippen MR) is 104 cm³/mol. The lowest BCUT2D eigenvalue weighted by Crippen LogP contribution is -3.13. The molecule has 6 nitrogen and oxygen atoms in total. The third kappa shape index (κ3) is 4.11. The molecular formula is C21H25N4O2+. The van der Waals surface area contributed by atoms with Crippen molar-refractivity contribution in [3.63, 3.8) is 0 Å². The Kier molecular flexibility index (Phi) is 5.07. The number of nitrogens with zero attached hydrogens (tertiary/aromatic N) is 3. The monoisotopic (exact) mass is 365 g/mol. The number of quaternary nitrogens is 1. The van der Waals surface area contributed by atoms with Crippen LogP contribution in [0, 0.1) is 0 Å². The van der Waals surface area contributed by atoms with Crippen molar-refractivity contribution in [1.82, 2.24) is 10.1 Å². The van der Waals surface area contributed by atoms with Crippen molar-refractivity contribution in [2.45, 2.75) is 19.9 Å². The van der Waals surface area contributed by atoms with Crippen molar-refractivity contribution in [1.29, 1.82) is 0 Å². The lowest BCUT2D eigenvalue weighted by Gasteiger charge is -2.33. The van der Waals surface area contributed by atoms with E-state index in [4.69, 9.17) is 4.52 Å². The first-order valence-electron chi connectivity index (χ1n) is 9.50. The van der Waals surface area contributed by atoms with E-state index in [2.05, 4.69) is 46.2 Å². The Balaban J connectivity index is 1.34. The minimum atomic E-state index is 0.305. The molecule has 0 atom stereocenters. The van der Waals surface area contributed by atoms with E-state index in [1.165, 1.54) is 10.5 Å². The molecule has 0 saturated carbocycles. The van der Waals surface area contributed by atoms with Gasteiger partial charge in [-0.25, -0.2) is 0 Å². The van der Waals surface area contributed by atoms with E-state index >= 15 is 0 Å². The fraction of sp³-hybridized carbons (Fsp3) is 0.333. The number of hydrogen-bond donors (Lipinski definition) is 2. The minimum absolute atomic E-state index is 0.305. The molecule has 1 aliphatic rings. The van der Waals surface area contributed by atoms with Gasteiger partial charge >= 0.3 is 0 Å². The van der Waals surface area contributed by atoms with E-state index < -0.39 is 0 Å². The van der Waals surface area contributed by atoms with Gasteiger partial charge in [0, 0.05) is 11.3 Å². The third-order valence-corrected chi connectivity index (χ3v) is 5.18. The Morgan fingerprint density at radius 1 is 1.04 bits per heavy atom. The number of piperazine rings is 1. The first-order valence-corrected chi connectivity index (χ1v) is 9.50. The third-order valence-electron chi connectivity index (χ3n) is 5.18. The molecule has 1 aromatic heterocycles. The van der Waals surface area contributed by atoms with E-state index in [-0.39, 0.29) is 0 Å². The van der Waals surface area contributed by atoms with Gasteiger partial charge in [0.1, 0.15) is 5.75 Å². The second kappa shape index (κ2) is 7.80. The molecule has 27 heavy (non-hydrogen) atoms. The largest absolute Gasteiger partial charge is 0.508 e. The van der Waals surface area contributed by atoms with Crippen LogP contribution in [0.1, 0.15) is 18.4 Å². The number of aromatic hydroxyl groups is 1. The maximum atomic E-state index is 9.43. The van der Waals surface area contributed by atoms with E-state index in [0.717, 1.165) is 50.4 Å². The zero-order valence-corrected chi connectivity index (χ0v) is 15.6. The van der Waals surface area contributed by atoms with Gasteiger partial charge in [0.05, 0.1) is 26.2 Å². The Morgan fingerprint density at radius 3 is 2.41 bits per heavy atom. The summed E-state index contributed by atoms with van der Waals surface area (Å²) in [6, 6.07) is 15.7. The van der Waals surface area contributed by atoms with Crippen LogP contribution in [0.15, 0.2) is 53.1 Å². The molecule has 2 aromatic carbocycles. The molecule has 0 bridgehead atoms. The first kappa shape index (κ1) is 17.5. The molecule has 2 heterocycles. The summed E-state index contributed by atoms with van der Waals surface area (Å²) < 4.78 is 5.48. The van der Waals surface area contributed by atoms with Crippen LogP contribution in [-0.4, -0.2) is 41.4 Å². The molecule has 3 aromatic rings. The Labute approximate surface area is 159 Å². The van der Waals surface area contributed by atoms with Gasteiger partial charge < -0.3 is 19.4 Å². The zero-order chi connectivity index (χ0) is 18.6. The minimum Gasteiger partial charge on any atom is -0.508 e. The molecule has 1 aliphatic heterocycles. The Morgan fingerprint density at radius 2 is 1.74 bits per heavy atom. The standard InChI is InChI=1S/C21H24N4O2/c1-2-16-3-5-17(6-4-16)21-22-20(27-23-21)15-24-11-13-25(14-12-24)18-7-9-19(26)10-8-18/h3-10,26H,2,11-15H2,1H3/p+1. The smallest absolute Gasteiger partial charge is 0.282 e. The van der Waals surface area contributed by atoms with E-state index in [9.17, 15) is 5.11 Å². The van der Waals surface area contributed by atoms with Crippen LogP contribution in [0.4, 0.5) is 5.69 Å². The fourth-order valence-electron chi connectivity index (χ4n) is 3.47. The molecule has 0 amide bonds. The molecule has 0 spiro atoms. The van der Waals surface area contributed by atoms with Gasteiger partial charge in [-0.2, -0.15) is 4.98 Å². The average Bonchev–Trinajstić information content (AvgIpc) is 3.18. The molecule has 2 N–H and O–H groups in total. The summed E-state index contributed by atoms with van der Waals surface area (Å²) in [5, 5.41) is 13.6. The lowest BCUT2D eigenvalue weighted by atomic mass is 10.1.